The van der Waals surface area contributed by atoms with E-state index in [4.69, 9.17) is 16.3 Å². The fourth-order valence-electron chi connectivity index (χ4n) is 2.75. The molecule has 1 N–H and O–H groups in total. The van der Waals surface area contributed by atoms with Gasteiger partial charge in [0.2, 0.25) is 5.49 Å². The Bertz CT molecular complexity index is 1020. The van der Waals surface area contributed by atoms with E-state index in [0.717, 1.165) is 0 Å². The highest BCUT2D eigenvalue weighted by molar-refractivity contribution is 7.91. The van der Waals surface area contributed by atoms with E-state index in [0.29, 0.717) is 12.0 Å². The molecule has 1 aromatic heterocycles. The van der Waals surface area contributed by atoms with E-state index in [1.54, 1.807) is 6.07 Å². The van der Waals surface area contributed by atoms with Crippen molar-refractivity contribution in [3.8, 4) is 5.88 Å². The molecule has 0 aliphatic carbocycles. The maximum absolute atomic E-state index is 12.5. The third-order valence-corrected chi connectivity index (χ3v) is 6.54. The molecule has 2 aromatic rings. The van der Waals surface area contributed by atoms with Crippen molar-refractivity contribution in [2.75, 3.05) is 12.9 Å². The van der Waals surface area contributed by atoms with Gasteiger partial charge in [-0.15, -0.1) is 0 Å². The molecule has 0 saturated carbocycles. The second-order valence-corrected chi connectivity index (χ2v) is 8.74. The molecule has 0 unspecified atom stereocenters. The molecule has 0 spiro atoms. The number of methoxy groups -OCH3 is 1. The maximum Gasteiger partial charge on any atom is 0.299 e. The number of amides is 1. The highest BCUT2D eigenvalue weighted by Crippen LogP contribution is 2.42. The number of fused-ring (bicyclic) bond motifs is 1. The molecule has 10 heteroatoms. The Hall–Kier alpha value is -2.13. The number of hydrogen-bond acceptors (Lipinski definition) is 6. The third-order valence-electron chi connectivity index (χ3n) is 4.24. The summed E-state index contributed by atoms with van der Waals surface area (Å²) in [6, 6.07) is 3.10. The first-order chi connectivity index (χ1) is 11.7. The Morgan fingerprint density at radius 3 is 2.84 bits per heavy atom. The normalized spacial score (nSPS) is 18.6. The number of benzene rings is 1. The summed E-state index contributed by atoms with van der Waals surface area (Å²) in [6.45, 7) is 3.89. The highest BCUT2D eigenvalue weighted by atomic mass is 35.5. The van der Waals surface area contributed by atoms with Crippen LogP contribution in [0.15, 0.2) is 26.6 Å². The number of rotatable bonds is 2. The smallest absolute Gasteiger partial charge is 0.299 e. The Morgan fingerprint density at radius 1 is 1.44 bits per heavy atom. The van der Waals surface area contributed by atoms with E-state index in [1.807, 2.05) is 13.8 Å². The minimum atomic E-state index is -3.56. The van der Waals surface area contributed by atoms with E-state index < -0.39 is 15.7 Å². The van der Waals surface area contributed by atoms with Gasteiger partial charge in [0.25, 0.3) is 11.8 Å². The molecule has 0 radical (unpaired) electrons. The molecule has 0 atom stereocenters. The first-order valence-electron chi connectivity index (χ1n) is 7.40. The second kappa shape index (κ2) is 5.99. The highest BCUT2D eigenvalue weighted by Gasteiger charge is 2.38. The predicted molar refractivity (Wildman–Crippen MR) is 88.4 cm³/mol. The van der Waals surface area contributed by atoms with Crippen molar-refractivity contribution in [3.05, 3.63) is 33.8 Å². The quantitative estimate of drug-likeness (QED) is 0.843. The number of nitrogens with zero attached hydrogens (tertiary/aromatic N) is 2. The van der Waals surface area contributed by atoms with Gasteiger partial charge in [0.15, 0.2) is 9.84 Å². The number of sulfone groups is 1. The van der Waals surface area contributed by atoms with Gasteiger partial charge in [0, 0.05) is 0 Å². The molecule has 1 aliphatic rings. The van der Waals surface area contributed by atoms with Crippen molar-refractivity contribution in [1.82, 2.24) is 10.3 Å². The van der Waals surface area contributed by atoms with Crippen molar-refractivity contribution >= 4 is 27.3 Å². The van der Waals surface area contributed by atoms with Gasteiger partial charge >= 0.3 is 0 Å². The Morgan fingerprint density at radius 2 is 2.16 bits per heavy atom. The van der Waals surface area contributed by atoms with Crippen molar-refractivity contribution < 1.29 is 22.6 Å². The van der Waals surface area contributed by atoms with Crippen molar-refractivity contribution in [3.63, 3.8) is 0 Å². The van der Waals surface area contributed by atoms with Crippen LogP contribution in [-0.2, 0) is 15.3 Å². The summed E-state index contributed by atoms with van der Waals surface area (Å²) in [5, 5.41) is 5.68. The largest absolute Gasteiger partial charge is 0.476 e. The Labute approximate surface area is 148 Å². The molecule has 1 amide bonds. The maximum atomic E-state index is 12.5. The molecule has 1 aromatic carbocycles. The van der Waals surface area contributed by atoms with Crippen molar-refractivity contribution in [1.29, 1.82) is 0 Å². The van der Waals surface area contributed by atoms with Crippen molar-refractivity contribution in [2.45, 2.75) is 30.6 Å². The number of aromatic amines is 1. The Balaban J connectivity index is 2.18. The molecular weight excluding hydrogens is 370 g/mol. The molecule has 25 heavy (non-hydrogen) atoms. The van der Waals surface area contributed by atoms with Gasteiger partial charge in [0.1, 0.15) is 0 Å². The van der Waals surface area contributed by atoms with Gasteiger partial charge in [-0.3, -0.25) is 9.42 Å². The molecule has 3 rings (SSSR count). The summed E-state index contributed by atoms with van der Waals surface area (Å²) in [4.78, 5) is 16.3. The lowest BCUT2D eigenvalue weighted by molar-refractivity contribution is 0.0996. The second-order valence-electron chi connectivity index (χ2n) is 6.32. The van der Waals surface area contributed by atoms with Gasteiger partial charge in [-0.25, -0.2) is 8.42 Å². The number of H-pyrrole nitrogens is 1. The van der Waals surface area contributed by atoms with Gasteiger partial charge in [0.05, 0.1) is 28.3 Å². The first-order valence-corrected chi connectivity index (χ1v) is 9.43. The number of hydrogen-bond donors (Lipinski definition) is 1. The Kier molecular flexibility index (Phi) is 4.24. The van der Waals surface area contributed by atoms with Crippen LogP contribution in [0.2, 0.25) is 5.02 Å². The third kappa shape index (κ3) is 2.98. The standard InChI is InChI=1S/C15H16ClN3O5S/c1-15(2)6-7-25(21,22)11-9(15)5-4-8(10(11)16)13(20)17-12-14(23-3)19-24-18-12/h4-5H,6-7H2,1-3H3,(H,17,18,20). The van der Waals surface area contributed by atoms with Crippen LogP contribution in [0.25, 0.3) is 0 Å². The molecule has 0 fully saturated rings. The van der Waals surface area contributed by atoms with E-state index in [-0.39, 0.29) is 38.0 Å². The lowest BCUT2D eigenvalue weighted by Gasteiger charge is -2.32. The molecule has 0 bridgehead atoms. The zero-order chi connectivity index (χ0) is 18.4. The van der Waals surface area contributed by atoms with Crippen LogP contribution < -0.4 is 10.2 Å². The van der Waals surface area contributed by atoms with Crippen LogP contribution in [0, 0.1) is 0 Å². The molecule has 1 aliphatic heterocycles. The number of carbonyl (C=O) groups excluding carboxylic acids is 1. The summed E-state index contributed by atoms with van der Waals surface area (Å²) in [7, 11) is -2.22. The van der Waals surface area contributed by atoms with E-state index in [1.165, 1.54) is 13.2 Å². The first kappa shape index (κ1) is 17.7. The fourth-order valence-corrected chi connectivity index (χ4v) is 5.39. The van der Waals surface area contributed by atoms with Crippen LogP contribution in [0.1, 0.15) is 36.2 Å². The predicted octanol–water partition coefficient (Wildman–Crippen LogP) is 1.86. The van der Waals surface area contributed by atoms with Gasteiger partial charge in [-0.1, -0.05) is 31.5 Å². The molecule has 2 heterocycles. The lowest BCUT2D eigenvalue weighted by Crippen LogP contribution is -2.31. The zero-order valence-corrected chi connectivity index (χ0v) is 15.4. The monoisotopic (exact) mass is 385 g/mol. The van der Waals surface area contributed by atoms with Gasteiger partial charge in [-0.05, 0) is 28.6 Å². The van der Waals surface area contributed by atoms with Crippen LogP contribution in [0.5, 0.6) is 5.88 Å². The summed E-state index contributed by atoms with van der Waals surface area (Å²) in [5.74, 6) is -0.755. The van der Waals surface area contributed by atoms with E-state index in [2.05, 4.69) is 19.9 Å². The van der Waals surface area contributed by atoms with Crippen molar-refractivity contribution in [2.24, 2.45) is 4.99 Å². The number of carbonyl (C=O) groups is 1. The minimum absolute atomic E-state index is 0.00353. The van der Waals surface area contributed by atoms with Gasteiger partial charge < -0.3 is 4.74 Å². The minimum Gasteiger partial charge on any atom is -0.476 e. The number of nitrogens with one attached hydrogen (secondary N) is 1. The molecule has 0 saturated heterocycles. The van der Waals surface area contributed by atoms with Crippen LogP contribution >= 0.6 is 11.6 Å². The van der Waals surface area contributed by atoms with E-state index >= 15 is 0 Å². The summed E-state index contributed by atoms with van der Waals surface area (Å²) in [6.07, 6.45) is 0.489. The molecule has 134 valence electrons. The lowest BCUT2D eigenvalue weighted by atomic mass is 9.81. The fraction of sp³-hybridized carbons (Fsp3) is 0.400. The summed E-state index contributed by atoms with van der Waals surface area (Å²) >= 11 is 6.31. The number of halogens is 1. The average Bonchev–Trinajstić information content (AvgIpc) is 2.98. The number of aromatic nitrogens is 2. The molecule has 8 nitrogen and oxygen atoms in total. The number of ether oxygens (including phenoxy) is 1. The zero-order valence-electron chi connectivity index (χ0n) is 13.8. The van der Waals surface area contributed by atoms with Crippen LogP contribution in [0.4, 0.5) is 0 Å². The van der Waals surface area contributed by atoms with Crippen LogP contribution in [-0.4, -0.2) is 37.5 Å². The summed E-state index contributed by atoms with van der Waals surface area (Å²) < 4.78 is 34.5. The van der Waals surface area contributed by atoms with Gasteiger partial charge in [-0.2, -0.15) is 10.1 Å². The average molecular weight is 386 g/mol. The van der Waals surface area contributed by atoms with Crippen LogP contribution in [0.3, 0.4) is 0 Å². The molecular formula is C15H16ClN3O5S. The summed E-state index contributed by atoms with van der Waals surface area (Å²) in [5.41, 5.74) is 0.214. The topological polar surface area (TPSA) is 115 Å². The van der Waals surface area contributed by atoms with E-state index in [9.17, 15) is 13.2 Å². The SMILES string of the molecule is COc1no[nH]c1=NC(=O)c1ccc2c(c1Cl)S(=O)(=O)CCC2(C)C.